The number of benzene rings is 2. The van der Waals surface area contributed by atoms with Gasteiger partial charge in [-0.05, 0) is 42.3 Å². The van der Waals surface area contributed by atoms with Gasteiger partial charge in [-0.1, -0.05) is 19.1 Å². The van der Waals surface area contributed by atoms with Crippen molar-refractivity contribution in [3.8, 4) is 0 Å². The first-order valence-corrected chi connectivity index (χ1v) is 6.56. The average Bonchev–Trinajstić information content (AvgIpc) is 2.47. The number of rotatable bonds is 5. The fraction of sp³-hybridized carbons (Fsp3) is 0.188. The van der Waals surface area contributed by atoms with Gasteiger partial charge >= 0.3 is 5.97 Å². The highest BCUT2D eigenvalue weighted by atomic mass is 19.1. The molecule has 0 aliphatic rings. The Morgan fingerprint density at radius 3 is 2.43 bits per heavy atom. The number of anilines is 1. The summed E-state index contributed by atoms with van der Waals surface area (Å²) in [6, 6.07) is 9.26. The van der Waals surface area contributed by atoms with E-state index in [4.69, 9.17) is 5.11 Å². The monoisotopic (exact) mass is 291 g/mol. The van der Waals surface area contributed by atoms with E-state index >= 15 is 0 Å². The van der Waals surface area contributed by atoms with E-state index in [1.165, 1.54) is 24.3 Å². The zero-order chi connectivity index (χ0) is 15.4. The van der Waals surface area contributed by atoms with Crippen molar-refractivity contribution in [3.63, 3.8) is 0 Å². The number of carboxylic acid groups (broad SMARTS) is 1. The zero-order valence-corrected chi connectivity index (χ0v) is 11.4. The third-order valence-corrected chi connectivity index (χ3v) is 3.22. The SMILES string of the molecule is CCC(Nc1cc(C(=O)O)ccc1F)c1ccc(F)cc1. The molecule has 0 amide bonds. The molecule has 0 aliphatic heterocycles. The normalized spacial score (nSPS) is 12.0. The third kappa shape index (κ3) is 3.56. The van der Waals surface area contributed by atoms with Crippen LogP contribution in [0.15, 0.2) is 42.5 Å². The number of aromatic carboxylic acids is 1. The molecule has 2 aromatic carbocycles. The lowest BCUT2D eigenvalue weighted by Crippen LogP contribution is -2.11. The summed E-state index contributed by atoms with van der Waals surface area (Å²) in [7, 11) is 0. The van der Waals surface area contributed by atoms with Crippen molar-refractivity contribution in [3.05, 3.63) is 65.2 Å². The summed E-state index contributed by atoms with van der Waals surface area (Å²) in [5.74, 6) is -1.99. The lowest BCUT2D eigenvalue weighted by Gasteiger charge is -2.19. The molecule has 2 rings (SSSR count). The summed E-state index contributed by atoms with van der Waals surface area (Å²) in [6.45, 7) is 1.90. The molecule has 2 aromatic rings. The van der Waals surface area contributed by atoms with Crippen LogP contribution in [-0.2, 0) is 0 Å². The van der Waals surface area contributed by atoms with Crippen molar-refractivity contribution < 1.29 is 18.7 Å². The fourth-order valence-electron chi connectivity index (χ4n) is 2.07. The van der Waals surface area contributed by atoms with Crippen LogP contribution in [0, 0.1) is 11.6 Å². The average molecular weight is 291 g/mol. The molecule has 3 nitrogen and oxygen atoms in total. The van der Waals surface area contributed by atoms with Crippen LogP contribution in [0.25, 0.3) is 0 Å². The van der Waals surface area contributed by atoms with Crippen molar-refractivity contribution in [1.29, 1.82) is 0 Å². The molecule has 21 heavy (non-hydrogen) atoms. The molecule has 2 N–H and O–H groups in total. The van der Waals surface area contributed by atoms with E-state index in [1.807, 2.05) is 6.92 Å². The Morgan fingerprint density at radius 1 is 1.19 bits per heavy atom. The van der Waals surface area contributed by atoms with Crippen LogP contribution in [-0.4, -0.2) is 11.1 Å². The van der Waals surface area contributed by atoms with Gasteiger partial charge in [-0.3, -0.25) is 0 Å². The second-order valence-electron chi connectivity index (χ2n) is 4.66. The molecule has 0 aromatic heterocycles. The molecule has 0 aliphatic carbocycles. The molecule has 0 heterocycles. The number of carbonyl (C=O) groups is 1. The Balaban J connectivity index is 2.28. The lowest BCUT2D eigenvalue weighted by molar-refractivity contribution is 0.0697. The van der Waals surface area contributed by atoms with Gasteiger partial charge in [-0.25, -0.2) is 13.6 Å². The van der Waals surface area contributed by atoms with Crippen LogP contribution in [0.4, 0.5) is 14.5 Å². The number of hydrogen-bond donors (Lipinski definition) is 2. The van der Waals surface area contributed by atoms with Gasteiger partial charge in [0.05, 0.1) is 17.3 Å². The Kier molecular flexibility index (Phi) is 4.52. The van der Waals surface area contributed by atoms with Crippen molar-refractivity contribution in [1.82, 2.24) is 0 Å². The highest BCUT2D eigenvalue weighted by Gasteiger charge is 2.14. The van der Waals surface area contributed by atoms with Gasteiger partial charge in [0.2, 0.25) is 0 Å². The maximum absolute atomic E-state index is 13.8. The minimum atomic E-state index is -1.12. The molecule has 110 valence electrons. The maximum atomic E-state index is 13.8. The smallest absolute Gasteiger partial charge is 0.335 e. The van der Waals surface area contributed by atoms with Crippen molar-refractivity contribution in [2.24, 2.45) is 0 Å². The zero-order valence-electron chi connectivity index (χ0n) is 11.4. The summed E-state index contributed by atoms with van der Waals surface area (Å²) >= 11 is 0. The van der Waals surface area contributed by atoms with E-state index in [0.29, 0.717) is 6.42 Å². The minimum Gasteiger partial charge on any atom is -0.478 e. The number of halogens is 2. The summed E-state index contributed by atoms with van der Waals surface area (Å²) in [4.78, 5) is 10.9. The van der Waals surface area contributed by atoms with Crippen LogP contribution >= 0.6 is 0 Å². The molecular formula is C16H15F2NO2. The first-order valence-electron chi connectivity index (χ1n) is 6.56. The maximum Gasteiger partial charge on any atom is 0.335 e. The van der Waals surface area contributed by atoms with E-state index in [9.17, 15) is 13.6 Å². The fourth-order valence-corrected chi connectivity index (χ4v) is 2.07. The largest absolute Gasteiger partial charge is 0.478 e. The van der Waals surface area contributed by atoms with Crippen molar-refractivity contribution in [2.75, 3.05) is 5.32 Å². The highest BCUT2D eigenvalue weighted by molar-refractivity contribution is 5.88. The van der Waals surface area contributed by atoms with Crippen LogP contribution < -0.4 is 5.32 Å². The Hall–Kier alpha value is -2.43. The molecule has 0 saturated carbocycles. The second kappa shape index (κ2) is 6.35. The summed E-state index contributed by atoms with van der Waals surface area (Å²) in [6.07, 6.45) is 0.641. The molecule has 0 radical (unpaired) electrons. The van der Waals surface area contributed by atoms with E-state index in [1.54, 1.807) is 12.1 Å². The van der Waals surface area contributed by atoms with Crippen LogP contribution in [0.5, 0.6) is 0 Å². The molecular weight excluding hydrogens is 276 g/mol. The molecule has 0 saturated heterocycles. The number of carboxylic acids is 1. The molecule has 5 heteroatoms. The number of hydrogen-bond acceptors (Lipinski definition) is 2. The predicted molar refractivity (Wildman–Crippen MR) is 76.4 cm³/mol. The van der Waals surface area contributed by atoms with Gasteiger partial charge in [0.25, 0.3) is 0 Å². The van der Waals surface area contributed by atoms with Gasteiger partial charge in [0.15, 0.2) is 0 Å². The Morgan fingerprint density at radius 2 is 1.86 bits per heavy atom. The highest BCUT2D eigenvalue weighted by Crippen LogP contribution is 2.25. The van der Waals surface area contributed by atoms with E-state index in [-0.39, 0.29) is 23.1 Å². The molecule has 0 bridgehead atoms. The van der Waals surface area contributed by atoms with Gasteiger partial charge in [0.1, 0.15) is 11.6 Å². The third-order valence-electron chi connectivity index (χ3n) is 3.22. The predicted octanol–water partition coefficient (Wildman–Crippen LogP) is 4.23. The van der Waals surface area contributed by atoms with Crippen LogP contribution in [0.3, 0.4) is 0 Å². The van der Waals surface area contributed by atoms with Gasteiger partial charge in [-0.15, -0.1) is 0 Å². The number of nitrogens with one attached hydrogen (secondary N) is 1. The van der Waals surface area contributed by atoms with Gasteiger partial charge in [-0.2, -0.15) is 0 Å². The summed E-state index contributed by atoms with van der Waals surface area (Å²) < 4.78 is 26.7. The van der Waals surface area contributed by atoms with Crippen molar-refractivity contribution >= 4 is 11.7 Å². The van der Waals surface area contributed by atoms with E-state index in [0.717, 1.165) is 11.6 Å². The first-order chi connectivity index (χ1) is 10.0. The van der Waals surface area contributed by atoms with E-state index in [2.05, 4.69) is 5.32 Å². The van der Waals surface area contributed by atoms with Crippen LogP contribution in [0.1, 0.15) is 35.3 Å². The van der Waals surface area contributed by atoms with E-state index < -0.39 is 11.8 Å². The van der Waals surface area contributed by atoms with Gasteiger partial charge < -0.3 is 10.4 Å². The molecule has 0 spiro atoms. The molecule has 1 atom stereocenters. The molecule has 0 fully saturated rings. The molecule has 1 unspecified atom stereocenters. The quantitative estimate of drug-likeness (QED) is 0.867. The summed E-state index contributed by atoms with van der Waals surface area (Å²) in [5.41, 5.74) is 0.929. The summed E-state index contributed by atoms with van der Waals surface area (Å²) in [5, 5.41) is 11.9. The van der Waals surface area contributed by atoms with Gasteiger partial charge in [0, 0.05) is 0 Å². The van der Waals surface area contributed by atoms with Crippen LogP contribution in [0.2, 0.25) is 0 Å². The Labute approximate surface area is 121 Å². The van der Waals surface area contributed by atoms with Crippen molar-refractivity contribution in [2.45, 2.75) is 19.4 Å². The second-order valence-corrected chi connectivity index (χ2v) is 4.66. The lowest BCUT2D eigenvalue weighted by atomic mass is 10.0. The standard InChI is InChI=1S/C16H15F2NO2/c1-2-14(10-3-6-12(17)7-4-10)19-15-9-11(16(20)21)5-8-13(15)18/h3-9,14,19H,2H2,1H3,(H,20,21). The Bertz CT molecular complexity index is 641. The first kappa shape index (κ1) is 15.0. The topological polar surface area (TPSA) is 49.3 Å². The minimum absolute atomic E-state index is 0.00728.